The van der Waals surface area contributed by atoms with Gasteiger partial charge < -0.3 is 0 Å². The highest BCUT2D eigenvalue weighted by Crippen LogP contribution is 2.03. The summed E-state index contributed by atoms with van der Waals surface area (Å²) in [5, 5.41) is 0. The molecule has 2 aromatic rings. The van der Waals surface area contributed by atoms with Crippen LogP contribution in [0.3, 0.4) is 0 Å². The molecular formula is C16H20N4O2. The van der Waals surface area contributed by atoms with Crippen molar-refractivity contribution in [2.45, 2.75) is 41.5 Å². The first-order valence-electron chi connectivity index (χ1n) is 6.84. The molecule has 0 aliphatic heterocycles. The van der Waals surface area contributed by atoms with Crippen molar-refractivity contribution >= 4 is 11.6 Å². The van der Waals surface area contributed by atoms with E-state index >= 15 is 0 Å². The maximum Gasteiger partial charge on any atom is 0.179 e. The van der Waals surface area contributed by atoms with Gasteiger partial charge in [-0.2, -0.15) is 0 Å². The number of hydrogen-bond donors (Lipinski definition) is 0. The van der Waals surface area contributed by atoms with Crippen LogP contribution in [0.5, 0.6) is 0 Å². The van der Waals surface area contributed by atoms with E-state index in [-0.39, 0.29) is 11.6 Å². The zero-order valence-electron chi connectivity index (χ0n) is 13.8. The number of carbonyl (C=O) groups excluding carboxylic acids is 2. The molecule has 0 aliphatic rings. The van der Waals surface area contributed by atoms with Crippen molar-refractivity contribution < 1.29 is 9.59 Å². The molecule has 6 nitrogen and oxygen atoms in total. The Morgan fingerprint density at radius 2 is 1.23 bits per heavy atom. The second-order valence-electron chi connectivity index (χ2n) is 5.00. The number of rotatable bonds is 2. The van der Waals surface area contributed by atoms with Crippen LogP contribution in [0.4, 0.5) is 0 Å². The van der Waals surface area contributed by atoms with E-state index in [0.29, 0.717) is 22.8 Å². The highest BCUT2D eigenvalue weighted by molar-refractivity contribution is 5.93. The molecule has 0 atom stereocenters. The van der Waals surface area contributed by atoms with E-state index in [0.717, 1.165) is 11.4 Å². The first-order valence-corrected chi connectivity index (χ1v) is 6.84. The fourth-order valence-corrected chi connectivity index (χ4v) is 1.81. The molecule has 0 aromatic carbocycles. The maximum absolute atomic E-state index is 10.9. The van der Waals surface area contributed by atoms with Gasteiger partial charge in [0, 0.05) is 26.2 Å². The maximum atomic E-state index is 10.9. The molecule has 0 fully saturated rings. The molecular weight excluding hydrogens is 280 g/mol. The van der Waals surface area contributed by atoms with Crippen molar-refractivity contribution in [1.82, 2.24) is 19.9 Å². The highest BCUT2D eigenvalue weighted by Gasteiger charge is 2.06. The molecule has 6 heteroatoms. The summed E-state index contributed by atoms with van der Waals surface area (Å²) >= 11 is 0. The van der Waals surface area contributed by atoms with Gasteiger partial charge in [0.2, 0.25) is 0 Å². The first-order chi connectivity index (χ1) is 10.2. The fraction of sp³-hybridized carbons (Fsp3) is 0.375. The molecule has 0 saturated carbocycles. The van der Waals surface area contributed by atoms with Gasteiger partial charge in [-0.15, -0.1) is 0 Å². The number of Topliss-reactive ketones (excluding diaryl/α,β-unsaturated/α-hetero) is 2. The molecule has 0 radical (unpaired) electrons. The Morgan fingerprint density at radius 3 is 1.68 bits per heavy atom. The van der Waals surface area contributed by atoms with Crippen LogP contribution >= 0.6 is 0 Å². The van der Waals surface area contributed by atoms with E-state index in [1.54, 1.807) is 26.2 Å². The second-order valence-corrected chi connectivity index (χ2v) is 5.00. The van der Waals surface area contributed by atoms with Gasteiger partial charge >= 0.3 is 0 Å². The van der Waals surface area contributed by atoms with Crippen molar-refractivity contribution in [3.63, 3.8) is 0 Å². The van der Waals surface area contributed by atoms with E-state index < -0.39 is 0 Å². The van der Waals surface area contributed by atoms with Crippen molar-refractivity contribution in [1.29, 1.82) is 0 Å². The molecule has 2 heterocycles. The Balaban J connectivity index is 0.000000220. The van der Waals surface area contributed by atoms with Gasteiger partial charge in [-0.1, -0.05) is 0 Å². The third-order valence-corrected chi connectivity index (χ3v) is 2.81. The van der Waals surface area contributed by atoms with E-state index in [9.17, 15) is 9.59 Å². The quantitative estimate of drug-likeness (QED) is 0.792. The summed E-state index contributed by atoms with van der Waals surface area (Å²) in [6, 6.07) is 0. The lowest BCUT2D eigenvalue weighted by Crippen LogP contribution is -2.03. The van der Waals surface area contributed by atoms with Crippen molar-refractivity contribution in [3.8, 4) is 0 Å². The minimum atomic E-state index is -0.0324. The number of aryl methyl sites for hydroxylation is 4. The average molecular weight is 300 g/mol. The van der Waals surface area contributed by atoms with Crippen LogP contribution in [0.25, 0.3) is 0 Å². The van der Waals surface area contributed by atoms with E-state index in [4.69, 9.17) is 0 Å². The van der Waals surface area contributed by atoms with E-state index in [2.05, 4.69) is 19.9 Å². The third-order valence-electron chi connectivity index (χ3n) is 2.81. The second kappa shape index (κ2) is 7.49. The molecule has 0 unspecified atom stereocenters. The van der Waals surface area contributed by atoms with Gasteiger partial charge in [0.15, 0.2) is 11.6 Å². The van der Waals surface area contributed by atoms with Gasteiger partial charge in [0.1, 0.15) is 11.4 Å². The minimum Gasteiger partial charge on any atom is -0.293 e. The zero-order chi connectivity index (χ0) is 16.9. The summed E-state index contributed by atoms with van der Waals surface area (Å²) in [7, 11) is 0. The van der Waals surface area contributed by atoms with Gasteiger partial charge in [-0.05, 0) is 27.7 Å². The Kier molecular flexibility index (Phi) is 5.98. The summed E-state index contributed by atoms with van der Waals surface area (Å²) in [6.07, 6.45) is 3.26. The number of carbonyl (C=O) groups is 2. The molecule has 0 N–H and O–H groups in total. The molecule has 22 heavy (non-hydrogen) atoms. The van der Waals surface area contributed by atoms with Crippen LogP contribution in [-0.2, 0) is 0 Å². The lowest BCUT2D eigenvalue weighted by molar-refractivity contribution is 0.0999. The summed E-state index contributed by atoms with van der Waals surface area (Å²) < 4.78 is 0. The Bertz CT molecular complexity index is 711. The number of aromatic nitrogens is 4. The average Bonchev–Trinajstić information content (AvgIpc) is 2.41. The van der Waals surface area contributed by atoms with E-state index in [1.807, 2.05) is 13.8 Å². The lowest BCUT2D eigenvalue weighted by atomic mass is 10.2. The summed E-state index contributed by atoms with van der Waals surface area (Å²) in [5.41, 5.74) is 3.97. The number of ketones is 2. The lowest BCUT2D eigenvalue weighted by Gasteiger charge is -1.99. The summed E-state index contributed by atoms with van der Waals surface area (Å²) in [5.74, 6) is -0.0614. The number of hydrogen-bond acceptors (Lipinski definition) is 6. The third kappa shape index (κ3) is 4.80. The molecule has 0 amide bonds. The zero-order valence-corrected chi connectivity index (χ0v) is 13.8. The van der Waals surface area contributed by atoms with Gasteiger partial charge in [-0.3, -0.25) is 19.6 Å². The van der Waals surface area contributed by atoms with Crippen LogP contribution in [-0.4, -0.2) is 31.5 Å². The van der Waals surface area contributed by atoms with Crippen LogP contribution in [0, 0.1) is 27.7 Å². The largest absolute Gasteiger partial charge is 0.293 e. The predicted molar refractivity (Wildman–Crippen MR) is 83.0 cm³/mol. The monoisotopic (exact) mass is 300 g/mol. The molecule has 0 bridgehead atoms. The smallest absolute Gasteiger partial charge is 0.179 e. The van der Waals surface area contributed by atoms with Crippen molar-refractivity contribution in [3.05, 3.63) is 46.6 Å². The Labute approximate surface area is 130 Å². The minimum absolute atomic E-state index is 0.0290. The van der Waals surface area contributed by atoms with Crippen LogP contribution in [0.1, 0.15) is 57.6 Å². The predicted octanol–water partition coefficient (Wildman–Crippen LogP) is 2.59. The summed E-state index contributed by atoms with van der Waals surface area (Å²) in [6.45, 7) is 10.2. The normalized spacial score (nSPS) is 9.73. The van der Waals surface area contributed by atoms with Crippen LogP contribution < -0.4 is 0 Å². The van der Waals surface area contributed by atoms with Crippen molar-refractivity contribution in [2.75, 3.05) is 0 Å². The molecule has 0 aliphatic carbocycles. The first kappa shape index (κ1) is 17.6. The molecule has 116 valence electrons. The number of nitrogens with zero attached hydrogens (tertiary/aromatic N) is 4. The molecule has 0 saturated heterocycles. The topological polar surface area (TPSA) is 85.7 Å². The molecule has 0 spiro atoms. The van der Waals surface area contributed by atoms with Crippen molar-refractivity contribution in [2.24, 2.45) is 0 Å². The molecule has 2 rings (SSSR count). The van der Waals surface area contributed by atoms with Crippen LogP contribution in [0.15, 0.2) is 12.4 Å². The van der Waals surface area contributed by atoms with Gasteiger partial charge in [0.25, 0.3) is 0 Å². The SMILES string of the molecule is CC(=O)c1nc(C)cnc1C.CC(=O)c1ncc(C)nc1C. The fourth-order valence-electron chi connectivity index (χ4n) is 1.81. The molecule has 2 aromatic heterocycles. The summed E-state index contributed by atoms with van der Waals surface area (Å²) in [4.78, 5) is 37.9. The Morgan fingerprint density at radius 1 is 0.727 bits per heavy atom. The van der Waals surface area contributed by atoms with Gasteiger partial charge in [-0.25, -0.2) is 9.97 Å². The van der Waals surface area contributed by atoms with Gasteiger partial charge in [0.05, 0.1) is 22.8 Å². The Hall–Kier alpha value is -2.50. The highest BCUT2D eigenvalue weighted by atomic mass is 16.1. The van der Waals surface area contributed by atoms with Crippen LogP contribution in [0.2, 0.25) is 0 Å². The van der Waals surface area contributed by atoms with E-state index in [1.165, 1.54) is 13.8 Å². The standard InChI is InChI=1S/2C8H10N2O/c1-5-4-9-8(7(3)11)6(2)10-5;1-5-4-9-6(2)8(10-5)7(3)11/h2*4H,1-3H3.